The van der Waals surface area contributed by atoms with Crippen LogP contribution in [-0.2, 0) is 0 Å². The molecule has 0 aliphatic heterocycles. The van der Waals surface area contributed by atoms with Crippen molar-refractivity contribution in [2.45, 2.75) is 26.3 Å². The number of H-pyrrole nitrogens is 1. The first-order valence-electron chi connectivity index (χ1n) is 5.15. The van der Waals surface area contributed by atoms with Gasteiger partial charge in [-0.15, -0.1) is 0 Å². The van der Waals surface area contributed by atoms with Crippen molar-refractivity contribution in [2.75, 3.05) is 20.6 Å². The second-order valence-corrected chi connectivity index (χ2v) is 4.86. The van der Waals surface area contributed by atoms with Gasteiger partial charge in [-0.2, -0.15) is 5.21 Å². The maximum Gasteiger partial charge on any atom is 0.238 e. The molecule has 1 unspecified atom stereocenters. The molecule has 5 nitrogen and oxygen atoms in total. The summed E-state index contributed by atoms with van der Waals surface area (Å²) in [6, 6.07) is 0.322. The van der Waals surface area contributed by atoms with E-state index in [1.807, 2.05) is 4.68 Å². The molecule has 0 aliphatic rings. The third kappa shape index (κ3) is 3.71. The summed E-state index contributed by atoms with van der Waals surface area (Å²) in [7, 11) is 4.11. The number of hydrogen-bond donors (Lipinski definition) is 1. The lowest BCUT2D eigenvalue weighted by molar-refractivity contribution is 0.268. The van der Waals surface area contributed by atoms with E-state index in [-0.39, 0.29) is 0 Å². The van der Waals surface area contributed by atoms with Crippen molar-refractivity contribution < 1.29 is 0 Å². The molecule has 86 valence electrons. The molecule has 6 heteroatoms. The zero-order valence-corrected chi connectivity index (χ0v) is 10.6. The quantitative estimate of drug-likeness (QED) is 0.777. The molecule has 1 aromatic rings. The largest absolute Gasteiger partial charge is 0.307 e. The fourth-order valence-electron chi connectivity index (χ4n) is 1.67. The zero-order valence-electron chi connectivity index (χ0n) is 9.77. The maximum absolute atomic E-state index is 5.11. The molecule has 0 spiro atoms. The Kier molecular flexibility index (Phi) is 4.41. The standard InChI is InChI=1S/C9H19N5S/c1-7(2)5-8(6-13(3)4)14-9(15)10-11-12-14/h7-8H,5-6H2,1-4H3,(H,10,12,15). The Morgan fingerprint density at radius 3 is 2.53 bits per heavy atom. The fourth-order valence-corrected chi connectivity index (χ4v) is 1.90. The van der Waals surface area contributed by atoms with E-state index < -0.39 is 0 Å². The number of hydrogen-bond acceptors (Lipinski definition) is 4. The molecule has 0 bridgehead atoms. The van der Waals surface area contributed by atoms with Crippen LogP contribution >= 0.6 is 12.2 Å². The summed E-state index contributed by atoms with van der Waals surface area (Å²) in [6.45, 7) is 5.35. The van der Waals surface area contributed by atoms with Crippen LogP contribution < -0.4 is 0 Å². The van der Waals surface area contributed by atoms with Crippen LogP contribution in [0, 0.1) is 10.7 Å². The van der Waals surface area contributed by atoms with E-state index in [0.29, 0.717) is 16.7 Å². The summed E-state index contributed by atoms with van der Waals surface area (Å²) >= 11 is 5.11. The van der Waals surface area contributed by atoms with Gasteiger partial charge in [0.2, 0.25) is 4.77 Å². The van der Waals surface area contributed by atoms with E-state index in [9.17, 15) is 0 Å². The molecule has 0 saturated carbocycles. The first-order chi connectivity index (χ1) is 7.00. The SMILES string of the molecule is CC(C)CC(CN(C)C)n1[nH]nnc1=S. The highest BCUT2D eigenvalue weighted by Gasteiger charge is 2.15. The Bertz CT molecular complexity index is 330. The zero-order chi connectivity index (χ0) is 11.4. The van der Waals surface area contributed by atoms with Crippen LogP contribution in [0.4, 0.5) is 0 Å². The smallest absolute Gasteiger partial charge is 0.238 e. The highest BCUT2D eigenvalue weighted by Crippen LogP contribution is 2.16. The van der Waals surface area contributed by atoms with Crippen molar-refractivity contribution in [3.63, 3.8) is 0 Å². The third-order valence-corrected chi connectivity index (χ3v) is 2.46. The van der Waals surface area contributed by atoms with Crippen molar-refractivity contribution in [2.24, 2.45) is 5.92 Å². The molecule has 15 heavy (non-hydrogen) atoms. The van der Waals surface area contributed by atoms with Crippen molar-refractivity contribution in [3.05, 3.63) is 4.77 Å². The lowest BCUT2D eigenvalue weighted by Gasteiger charge is -2.22. The van der Waals surface area contributed by atoms with E-state index in [0.717, 1.165) is 13.0 Å². The molecule has 0 fully saturated rings. The van der Waals surface area contributed by atoms with Crippen LogP contribution in [0.3, 0.4) is 0 Å². The molecule has 0 aromatic carbocycles. The predicted octanol–water partition coefficient (Wildman–Crippen LogP) is 1.48. The minimum atomic E-state index is 0.322. The van der Waals surface area contributed by atoms with Gasteiger partial charge in [0.15, 0.2) is 0 Å². The van der Waals surface area contributed by atoms with Gasteiger partial charge in [-0.1, -0.05) is 24.2 Å². The van der Waals surface area contributed by atoms with E-state index in [1.165, 1.54) is 0 Å². The second kappa shape index (κ2) is 5.37. The molecular formula is C9H19N5S. The van der Waals surface area contributed by atoms with Crippen LogP contribution in [0.2, 0.25) is 0 Å². The molecular weight excluding hydrogens is 210 g/mol. The molecule has 1 aromatic heterocycles. The molecule has 1 N–H and O–H groups in total. The van der Waals surface area contributed by atoms with E-state index in [1.54, 1.807) is 0 Å². The number of aromatic nitrogens is 4. The Morgan fingerprint density at radius 1 is 1.47 bits per heavy atom. The van der Waals surface area contributed by atoms with Gasteiger partial charge in [0.1, 0.15) is 0 Å². The molecule has 0 saturated heterocycles. The molecule has 0 radical (unpaired) electrons. The fraction of sp³-hybridized carbons (Fsp3) is 0.889. The summed E-state index contributed by atoms with van der Waals surface area (Å²) in [5, 5.41) is 10.4. The van der Waals surface area contributed by atoms with Crippen LogP contribution in [0.15, 0.2) is 0 Å². The second-order valence-electron chi connectivity index (χ2n) is 4.50. The number of likely N-dealkylation sites (N-methyl/N-ethyl adjacent to an activating group) is 1. The normalized spacial score (nSPS) is 13.7. The minimum absolute atomic E-state index is 0.322. The Morgan fingerprint density at radius 2 is 2.13 bits per heavy atom. The average molecular weight is 229 g/mol. The Hall–Kier alpha value is -0.750. The number of nitrogens with zero attached hydrogens (tertiary/aromatic N) is 4. The third-order valence-electron chi connectivity index (χ3n) is 2.18. The summed E-state index contributed by atoms with van der Waals surface area (Å²) in [5.74, 6) is 0.625. The molecule has 1 atom stereocenters. The first kappa shape index (κ1) is 12.3. The van der Waals surface area contributed by atoms with Crippen LogP contribution in [-0.4, -0.2) is 45.7 Å². The van der Waals surface area contributed by atoms with Crippen molar-refractivity contribution >= 4 is 12.2 Å². The van der Waals surface area contributed by atoms with Gasteiger partial charge in [-0.3, -0.25) is 0 Å². The van der Waals surface area contributed by atoms with Crippen LogP contribution in [0.5, 0.6) is 0 Å². The molecule has 0 aliphatic carbocycles. The first-order valence-corrected chi connectivity index (χ1v) is 5.56. The molecule has 1 heterocycles. The molecule has 0 amide bonds. The van der Waals surface area contributed by atoms with Crippen LogP contribution in [0.1, 0.15) is 26.3 Å². The Balaban J connectivity index is 2.81. The van der Waals surface area contributed by atoms with Gasteiger partial charge in [0.05, 0.1) is 6.04 Å². The highest BCUT2D eigenvalue weighted by molar-refractivity contribution is 7.71. The van der Waals surface area contributed by atoms with E-state index in [2.05, 4.69) is 48.4 Å². The maximum atomic E-state index is 5.11. The van der Waals surface area contributed by atoms with Crippen LogP contribution in [0.25, 0.3) is 0 Å². The monoisotopic (exact) mass is 229 g/mol. The Labute approximate surface area is 95.5 Å². The highest BCUT2D eigenvalue weighted by atomic mass is 32.1. The average Bonchev–Trinajstić information content (AvgIpc) is 2.48. The summed E-state index contributed by atoms with van der Waals surface area (Å²) in [5.41, 5.74) is 0. The lowest BCUT2D eigenvalue weighted by atomic mass is 10.0. The van der Waals surface area contributed by atoms with Gasteiger partial charge in [0.25, 0.3) is 0 Å². The number of tetrazole rings is 1. The van der Waals surface area contributed by atoms with Gasteiger partial charge < -0.3 is 4.90 Å². The number of rotatable bonds is 5. The summed E-state index contributed by atoms with van der Waals surface area (Å²) in [4.78, 5) is 2.15. The summed E-state index contributed by atoms with van der Waals surface area (Å²) in [6.07, 6.45) is 1.07. The van der Waals surface area contributed by atoms with Crippen molar-refractivity contribution in [3.8, 4) is 0 Å². The van der Waals surface area contributed by atoms with Gasteiger partial charge in [0, 0.05) is 6.54 Å². The minimum Gasteiger partial charge on any atom is -0.307 e. The number of nitrogens with one attached hydrogen (secondary N) is 1. The van der Waals surface area contributed by atoms with Gasteiger partial charge >= 0.3 is 0 Å². The van der Waals surface area contributed by atoms with Crippen molar-refractivity contribution in [1.82, 2.24) is 25.1 Å². The van der Waals surface area contributed by atoms with Gasteiger partial charge in [-0.05, 0) is 38.7 Å². The summed E-state index contributed by atoms with van der Waals surface area (Å²) < 4.78 is 2.40. The molecule has 1 rings (SSSR count). The topological polar surface area (TPSA) is 49.7 Å². The van der Waals surface area contributed by atoms with Gasteiger partial charge in [-0.25, -0.2) is 4.68 Å². The lowest BCUT2D eigenvalue weighted by Crippen LogP contribution is -2.26. The van der Waals surface area contributed by atoms with Crippen molar-refractivity contribution in [1.29, 1.82) is 0 Å². The number of aromatic amines is 1. The predicted molar refractivity (Wildman–Crippen MR) is 62.3 cm³/mol. The van der Waals surface area contributed by atoms with E-state index in [4.69, 9.17) is 12.2 Å². The van der Waals surface area contributed by atoms with E-state index >= 15 is 0 Å².